The van der Waals surface area contributed by atoms with Gasteiger partial charge < -0.3 is 24.4 Å². The quantitative estimate of drug-likeness (QED) is 0.642. The molecule has 8 heteroatoms. The number of nitrogens with one attached hydrogen (secondary N) is 1. The number of aromatic nitrogens is 1. The Kier molecular flexibility index (Phi) is 8.44. The van der Waals surface area contributed by atoms with E-state index in [2.05, 4.69) is 15.2 Å². The zero-order valence-corrected chi connectivity index (χ0v) is 15.3. The summed E-state index contributed by atoms with van der Waals surface area (Å²) in [6.07, 6.45) is 0.801. The van der Waals surface area contributed by atoms with E-state index >= 15 is 0 Å². The lowest BCUT2D eigenvalue weighted by Crippen LogP contribution is -2.36. The van der Waals surface area contributed by atoms with Crippen molar-refractivity contribution in [1.29, 1.82) is 0 Å². The van der Waals surface area contributed by atoms with Crippen molar-refractivity contribution in [2.24, 2.45) is 0 Å². The Morgan fingerprint density at radius 1 is 1.29 bits per heavy atom. The van der Waals surface area contributed by atoms with Crippen molar-refractivity contribution in [3.05, 3.63) is 10.6 Å². The van der Waals surface area contributed by atoms with Crippen molar-refractivity contribution < 1.29 is 19.0 Å². The standard InChI is InChI=1S/C16H27N3O4S/c1-3-21-9-5-6-17-15(20)14-13(12-22-4-2)18-16(24-14)19-7-10-23-11-8-19/h3-12H2,1-2H3,(H,17,20). The molecule has 0 atom stereocenters. The molecule has 136 valence electrons. The molecule has 0 aromatic carbocycles. The van der Waals surface area contributed by atoms with Crippen LogP contribution in [0.3, 0.4) is 0 Å². The SMILES string of the molecule is CCOCCCNC(=O)c1sc(N2CCOCC2)nc1COCC. The van der Waals surface area contributed by atoms with E-state index in [1.165, 1.54) is 11.3 Å². The molecule has 0 unspecified atom stereocenters. The molecule has 7 nitrogen and oxygen atoms in total. The molecule has 1 aliphatic rings. The number of morpholine rings is 1. The van der Waals surface area contributed by atoms with E-state index < -0.39 is 0 Å². The third-order valence-electron chi connectivity index (χ3n) is 3.57. The van der Waals surface area contributed by atoms with E-state index in [1.807, 2.05) is 13.8 Å². The predicted octanol–water partition coefficient (Wildman–Crippen LogP) is 1.67. The Morgan fingerprint density at radius 2 is 2.04 bits per heavy atom. The summed E-state index contributed by atoms with van der Waals surface area (Å²) in [6.45, 7) is 9.80. The fourth-order valence-electron chi connectivity index (χ4n) is 2.30. The first kappa shape index (κ1) is 19.1. The number of hydrogen-bond donors (Lipinski definition) is 1. The summed E-state index contributed by atoms with van der Waals surface area (Å²) in [5, 5.41) is 3.81. The van der Waals surface area contributed by atoms with Crippen molar-refractivity contribution in [3.8, 4) is 0 Å². The molecule has 0 bridgehead atoms. The van der Waals surface area contributed by atoms with Crippen LogP contribution in [-0.2, 0) is 20.8 Å². The van der Waals surface area contributed by atoms with Crippen LogP contribution in [-0.4, -0.2) is 63.6 Å². The minimum absolute atomic E-state index is 0.0850. The van der Waals surface area contributed by atoms with E-state index in [0.29, 0.717) is 56.8 Å². The number of thiazole rings is 1. The van der Waals surface area contributed by atoms with Gasteiger partial charge in [0.25, 0.3) is 5.91 Å². The zero-order chi connectivity index (χ0) is 17.2. The number of nitrogens with zero attached hydrogens (tertiary/aromatic N) is 2. The van der Waals surface area contributed by atoms with Crippen LogP contribution >= 0.6 is 11.3 Å². The fraction of sp³-hybridized carbons (Fsp3) is 0.750. The van der Waals surface area contributed by atoms with Crippen LogP contribution in [0.4, 0.5) is 5.13 Å². The average molecular weight is 357 g/mol. The molecule has 0 aliphatic carbocycles. The highest BCUT2D eigenvalue weighted by Gasteiger charge is 2.22. The van der Waals surface area contributed by atoms with Crippen LogP contribution in [0, 0.1) is 0 Å². The molecular weight excluding hydrogens is 330 g/mol. The molecule has 0 saturated carbocycles. The molecular formula is C16H27N3O4S. The lowest BCUT2D eigenvalue weighted by atomic mass is 10.3. The topological polar surface area (TPSA) is 72.9 Å². The van der Waals surface area contributed by atoms with Crippen LogP contribution in [0.15, 0.2) is 0 Å². The summed E-state index contributed by atoms with van der Waals surface area (Å²) in [4.78, 5) is 19.9. The van der Waals surface area contributed by atoms with Crippen molar-refractivity contribution in [1.82, 2.24) is 10.3 Å². The molecule has 1 saturated heterocycles. The lowest BCUT2D eigenvalue weighted by Gasteiger charge is -2.26. The predicted molar refractivity (Wildman–Crippen MR) is 93.9 cm³/mol. The minimum Gasteiger partial charge on any atom is -0.382 e. The molecule has 24 heavy (non-hydrogen) atoms. The molecule has 1 fully saturated rings. The van der Waals surface area contributed by atoms with Gasteiger partial charge in [0, 0.05) is 39.5 Å². The summed E-state index contributed by atoms with van der Waals surface area (Å²) in [5.74, 6) is -0.0850. The second-order valence-corrected chi connectivity index (χ2v) is 6.29. The molecule has 0 radical (unpaired) electrons. The maximum Gasteiger partial charge on any atom is 0.263 e. The van der Waals surface area contributed by atoms with Gasteiger partial charge in [-0.3, -0.25) is 4.79 Å². The van der Waals surface area contributed by atoms with E-state index in [1.54, 1.807) is 0 Å². The van der Waals surface area contributed by atoms with Gasteiger partial charge in [0.2, 0.25) is 0 Å². The highest BCUT2D eigenvalue weighted by Crippen LogP contribution is 2.27. The van der Waals surface area contributed by atoms with Gasteiger partial charge in [0.1, 0.15) is 4.88 Å². The van der Waals surface area contributed by atoms with Crippen LogP contribution in [0.2, 0.25) is 0 Å². The summed E-state index contributed by atoms with van der Waals surface area (Å²) in [6, 6.07) is 0. The molecule has 1 aromatic rings. The smallest absolute Gasteiger partial charge is 0.263 e. The summed E-state index contributed by atoms with van der Waals surface area (Å²) < 4.78 is 16.1. The van der Waals surface area contributed by atoms with Crippen molar-refractivity contribution in [3.63, 3.8) is 0 Å². The highest BCUT2D eigenvalue weighted by molar-refractivity contribution is 7.17. The van der Waals surface area contributed by atoms with Gasteiger partial charge in [-0.05, 0) is 20.3 Å². The number of hydrogen-bond acceptors (Lipinski definition) is 7. The molecule has 1 N–H and O–H groups in total. The van der Waals surface area contributed by atoms with E-state index in [4.69, 9.17) is 14.2 Å². The summed E-state index contributed by atoms with van der Waals surface area (Å²) >= 11 is 1.43. The second-order valence-electron chi connectivity index (χ2n) is 5.32. The molecule has 2 rings (SSSR count). The molecule has 1 amide bonds. The number of anilines is 1. The van der Waals surface area contributed by atoms with Crippen LogP contribution in [0.25, 0.3) is 0 Å². The summed E-state index contributed by atoms with van der Waals surface area (Å²) in [5.41, 5.74) is 0.714. The largest absolute Gasteiger partial charge is 0.382 e. The molecule has 2 heterocycles. The Hall–Kier alpha value is -1.22. The normalized spacial score (nSPS) is 14.8. The van der Waals surface area contributed by atoms with Crippen LogP contribution < -0.4 is 10.2 Å². The Labute approximate surface area is 147 Å². The van der Waals surface area contributed by atoms with Gasteiger partial charge in [-0.25, -0.2) is 4.98 Å². The number of rotatable bonds is 10. The molecule has 1 aromatic heterocycles. The minimum atomic E-state index is -0.0850. The van der Waals surface area contributed by atoms with Gasteiger partial charge in [-0.15, -0.1) is 0 Å². The van der Waals surface area contributed by atoms with Gasteiger partial charge >= 0.3 is 0 Å². The Balaban J connectivity index is 1.99. The van der Waals surface area contributed by atoms with Crippen molar-refractivity contribution in [2.75, 3.05) is 57.6 Å². The Bertz CT molecular complexity index is 504. The summed E-state index contributed by atoms with van der Waals surface area (Å²) in [7, 11) is 0. The van der Waals surface area contributed by atoms with Crippen LogP contribution in [0.1, 0.15) is 35.6 Å². The maximum absolute atomic E-state index is 12.5. The van der Waals surface area contributed by atoms with Crippen molar-refractivity contribution >= 4 is 22.4 Å². The van der Waals surface area contributed by atoms with E-state index in [9.17, 15) is 4.79 Å². The van der Waals surface area contributed by atoms with E-state index in [0.717, 1.165) is 24.6 Å². The average Bonchev–Trinajstić information content (AvgIpc) is 3.04. The number of ether oxygens (including phenoxy) is 3. The van der Waals surface area contributed by atoms with Gasteiger partial charge in [0.15, 0.2) is 5.13 Å². The van der Waals surface area contributed by atoms with Crippen LogP contribution in [0.5, 0.6) is 0 Å². The van der Waals surface area contributed by atoms with Gasteiger partial charge in [-0.2, -0.15) is 0 Å². The number of amides is 1. The lowest BCUT2D eigenvalue weighted by molar-refractivity contribution is 0.0937. The highest BCUT2D eigenvalue weighted by atomic mass is 32.1. The third kappa shape index (κ3) is 5.70. The maximum atomic E-state index is 12.5. The molecule has 1 aliphatic heterocycles. The third-order valence-corrected chi connectivity index (χ3v) is 4.73. The first-order chi connectivity index (χ1) is 11.8. The first-order valence-corrected chi connectivity index (χ1v) is 9.34. The van der Waals surface area contributed by atoms with Crippen molar-refractivity contribution in [2.45, 2.75) is 26.9 Å². The monoisotopic (exact) mass is 357 g/mol. The second kappa shape index (κ2) is 10.6. The van der Waals surface area contributed by atoms with Gasteiger partial charge in [0.05, 0.1) is 25.5 Å². The molecule has 0 spiro atoms. The zero-order valence-electron chi connectivity index (χ0n) is 14.5. The fourth-order valence-corrected chi connectivity index (χ4v) is 3.34. The first-order valence-electron chi connectivity index (χ1n) is 8.52. The van der Waals surface area contributed by atoms with E-state index in [-0.39, 0.29) is 5.91 Å². The number of carbonyl (C=O) groups excluding carboxylic acids is 1. The number of carbonyl (C=O) groups is 1. The Morgan fingerprint density at radius 3 is 2.75 bits per heavy atom. The van der Waals surface area contributed by atoms with Gasteiger partial charge in [-0.1, -0.05) is 11.3 Å².